The molecule has 38 heavy (non-hydrogen) atoms. The number of carbonyl (C=O) groups is 2. The number of nitrogens with one attached hydrogen (secondary N) is 1. The number of carbonyl (C=O) groups excluding carboxylic acids is 2. The van der Waals surface area contributed by atoms with Crippen molar-refractivity contribution >= 4 is 85.5 Å². The quantitative estimate of drug-likeness (QED) is 0.296. The number of halogens is 5. The van der Waals surface area contributed by atoms with Gasteiger partial charge in [-0.2, -0.15) is 0 Å². The van der Waals surface area contributed by atoms with Gasteiger partial charge in [-0.3, -0.25) is 13.9 Å². The molecule has 208 valence electrons. The monoisotopic (exact) mass is 641 g/mol. The van der Waals surface area contributed by atoms with E-state index < -0.39 is 28.5 Å². The van der Waals surface area contributed by atoms with Crippen molar-refractivity contribution in [3.8, 4) is 0 Å². The van der Waals surface area contributed by atoms with Crippen LogP contribution in [0.15, 0.2) is 30.3 Å². The summed E-state index contributed by atoms with van der Waals surface area (Å²) in [6.07, 6.45) is 5.04. The second-order valence-corrected chi connectivity index (χ2v) is 13.1. The summed E-state index contributed by atoms with van der Waals surface area (Å²) in [7, 11) is -4.00. The van der Waals surface area contributed by atoms with Gasteiger partial charge in [-0.05, 0) is 49.1 Å². The van der Waals surface area contributed by atoms with E-state index in [2.05, 4.69) is 5.32 Å². The lowest BCUT2D eigenvalue weighted by molar-refractivity contribution is -0.140. The summed E-state index contributed by atoms with van der Waals surface area (Å²) in [6.45, 7) is 1.11. The molecule has 0 bridgehead atoms. The average Bonchev–Trinajstić information content (AvgIpc) is 3.33. The topological polar surface area (TPSA) is 86.8 Å². The summed E-state index contributed by atoms with van der Waals surface area (Å²) in [5.41, 5.74) is 0.542. The zero-order valence-corrected chi connectivity index (χ0v) is 25.4. The molecule has 0 aromatic heterocycles. The number of hydrogen-bond donors (Lipinski definition) is 1. The van der Waals surface area contributed by atoms with Crippen LogP contribution in [0.3, 0.4) is 0 Å². The number of sulfonamides is 1. The lowest BCUT2D eigenvalue weighted by Gasteiger charge is -2.33. The van der Waals surface area contributed by atoms with Crippen LogP contribution in [-0.4, -0.2) is 50.0 Å². The molecule has 1 saturated carbocycles. The van der Waals surface area contributed by atoms with Gasteiger partial charge >= 0.3 is 0 Å². The molecule has 13 heteroatoms. The van der Waals surface area contributed by atoms with Gasteiger partial charge in [-0.1, -0.05) is 83.8 Å². The predicted octanol–water partition coefficient (Wildman–Crippen LogP) is 6.59. The lowest BCUT2D eigenvalue weighted by Crippen LogP contribution is -2.53. The summed E-state index contributed by atoms with van der Waals surface area (Å²) in [5.74, 6) is -0.937. The van der Waals surface area contributed by atoms with Gasteiger partial charge in [0.2, 0.25) is 21.8 Å². The molecule has 1 aliphatic carbocycles. The fourth-order valence-corrected chi connectivity index (χ4v) is 6.43. The molecule has 1 unspecified atom stereocenters. The van der Waals surface area contributed by atoms with Gasteiger partial charge in [0.15, 0.2) is 0 Å². The summed E-state index contributed by atoms with van der Waals surface area (Å²) in [4.78, 5) is 28.5. The van der Waals surface area contributed by atoms with Crippen molar-refractivity contribution < 1.29 is 18.0 Å². The predicted molar refractivity (Wildman–Crippen MR) is 155 cm³/mol. The van der Waals surface area contributed by atoms with Crippen molar-refractivity contribution in [2.45, 2.75) is 57.7 Å². The maximum atomic E-state index is 13.8. The Kier molecular flexibility index (Phi) is 10.9. The Balaban J connectivity index is 1.99. The number of hydrogen-bond acceptors (Lipinski definition) is 4. The highest BCUT2D eigenvalue weighted by atomic mass is 35.5. The Morgan fingerprint density at radius 3 is 2.18 bits per heavy atom. The molecule has 1 fully saturated rings. The second-order valence-electron chi connectivity index (χ2n) is 9.16. The van der Waals surface area contributed by atoms with Gasteiger partial charge in [-0.15, -0.1) is 0 Å². The van der Waals surface area contributed by atoms with Crippen LogP contribution in [0.4, 0.5) is 5.69 Å². The van der Waals surface area contributed by atoms with Crippen molar-refractivity contribution in [2.75, 3.05) is 17.1 Å². The zero-order valence-electron chi connectivity index (χ0n) is 20.8. The van der Waals surface area contributed by atoms with E-state index in [-0.39, 0.29) is 39.2 Å². The van der Waals surface area contributed by atoms with Crippen LogP contribution in [0, 0.1) is 0 Å². The van der Waals surface area contributed by atoms with Crippen LogP contribution in [0.1, 0.15) is 44.6 Å². The highest BCUT2D eigenvalue weighted by Crippen LogP contribution is 2.36. The molecule has 7 nitrogen and oxygen atoms in total. The van der Waals surface area contributed by atoms with E-state index in [9.17, 15) is 18.0 Å². The van der Waals surface area contributed by atoms with E-state index in [0.717, 1.165) is 36.2 Å². The largest absolute Gasteiger partial charge is 0.352 e. The van der Waals surface area contributed by atoms with Gasteiger partial charge < -0.3 is 10.2 Å². The first-order valence-electron chi connectivity index (χ1n) is 12.0. The van der Waals surface area contributed by atoms with Gasteiger partial charge in [0.05, 0.1) is 27.0 Å². The Morgan fingerprint density at radius 2 is 1.61 bits per heavy atom. The summed E-state index contributed by atoms with van der Waals surface area (Å²) in [5, 5.41) is 3.97. The first-order chi connectivity index (χ1) is 17.8. The maximum Gasteiger partial charge on any atom is 0.244 e. The third kappa shape index (κ3) is 7.83. The number of benzene rings is 2. The Hall–Kier alpha value is -1.42. The minimum atomic E-state index is -4.00. The Morgan fingerprint density at radius 1 is 0.974 bits per heavy atom. The first kappa shape index (κ1) is 31.1. The molecule has 2 amide bonds. The number of amides is 2. The number of rotatable bonds is 10. The molecule has 1 N–H and O–H groups in total. The van der Waals surface area contributed by atoms with Crippen molar-refractivity contribution in [3.05, 3.63) is 61.0 Å². The van der Waals surface area contributed by atoms with E-state index in [1.807, 2.05) is 0 Å². The fourth-order valence-electron chi connectivity index (χ4n) is 4.42. The summed E-state index contributed by atoms with van der Waals surface area (Å²) >= 11 is 30.9. The molecule has 0 aliphatic heterocycles. The van der Waals surface area contributed by atoms with Crippen LogP contribution in [0.2, 0.25) is 25.1 Å². The van der Waals surface area contributed by atoms with E-state index in [1.54, 1.807) is 25.1 Å². The molecular formula is C25H28Cl5N3O4S. The fraction of sp³-hybridized carbons (Fsp3) is 0.440. The summed E-state index contributed by atoms with van der Waals surface area (Å²) < 4.78 is 26.4. The van der Waals surface area contributed by atoms with E-state index in [4.69, 9.17) is 58.0 Å². The number of anilines is 1. The van der Waals surface area contributed by atoms with Crippen molar-refractivity contribution in [2.24, 2.45) is 0 Å². The summed E-state index contributed by atoms with van der Waals surface area (Å²) in [6, 6.07) is 6.58. The molecule has 2 aromatic rings. The van der Waals surface area contributed by atoms with Gasteiger partial charge in [0.25, 0.3) is 0 Å². The van der Waals surface area contributed by atoms with E-state index in [0.29, 0.717) is 22.0 Å². The SMILES string of the molecule is CCC(C(=O)NC1CCCC1)N(Cc1ccc(Cl)cc1Cl)C(=O)CN(c1cc(Cl)c(Cl)cc1Cl)S(C)(=O)=O. The van der Waals surface area contributed by atoms with Crippen LogP contribution < -0.4 is 9.62 Å². The molecule has 3 rings (SSSR count). The molecule has 0 radical (unpaired) electrons. The van der Waals surface area contributed by atoms with Crippen LogP contribution in [0.25, 0.3) is 0 Å². The highest BCUT2D eigenvalue weighted by Gasteiger charge is 2.34. The molecule has 1 aliphatic rings. The van der Waals surface area contributed by atoms with Gasteiger partial charge in [0, 0.05) is 22.6 Å². The van der Waals surface area contributed by atoms with Crippen LogP contribution in [-0.2, 0) is 26.2 Å². The standard InChI is InChI=1S/C25H28Cl5N3O4S/c1-3-22(25(35)31-17-6-4-5-7-17)32(13-15-8-9-16(26)10-18(15)27)24(34)14-33(38(2,36)37)23-12-20(29)19(28)11-21(23)30/h8-12,17,22H,3-7,13-14H2,1-2H3,(H,31,35). The van der Waals surface area contributed by atoms with Crippen LogP contribution in [0.5, 0.6) is 0 Å². The van der Waals surface area contributed by atoms with Crippen LogP contribution >= 0.6 is 58.0 Å². The molecule has 0 saturated heterocycles. The first-order valence-corrected chi connectivity index (χ1v) is 15.7. The third-order valence-corrected chi connectivity index (χ3v) is 9.12. The van der Waals surface area contributed by atoms with Crippen molar-refractivity contribution in [3.63, 3.8) is 0 Å². The smallest absolute Gasteiger partial charge is 0.244 e. The van der Waals surface area contributed by atoms with E-state index in [1.165, 1.54) is 17.0 Å². The maximum absolute atomic E-state index is 13.8. The molecule has 2 aromatic carbocycles. The van der Waals surface area contributed by atoms with Crippen molar-refractivity contribution in [1.29, 1.82) is 0 Å². The average molecular weight is 644 g/mol. The Bertz CT molecular complexity index is 1300. The van der Waals surface area contributed by atoms with Crippen molar-refractivity contribution in [1.82, 2.24) is 10.2 Å². The van der Waals surface area contributed by atoms with E-state index >= 15 is 0 Å². The normalized spacial score (nSPS) is 14.8. The third-order valence-electron chi connectivity index (χ3n) is 6.38. The molecule has 1 atom stereocenters. The molecule has 0 spiro atoms. The van der Waals surface area contributed by atoms with Gasteiger partial charge in [0.1, 0.15) is 12.6 Å². The second kappa shape index (κ2) is 13.3. The minimum absolute atomic E-state index is 0.00376. The van der Waals surface area contributed by atoms with Gasteiger partial charge in [-0.25, -0.2) is 8.42 Å². The number of nitrogens with zero attached hydrogens (tertiary/aromatic N) is 2. The lowest BCUT2D eigenvalue weighted by atomic mass is 10.1. The highest BCUT2D eigenvalue weighted by molar-refractivity contribution is 7.92. The zero-order chi connectivity index (χ0) is 28.2. The minimum Gasteiger partial charge on any atom is -0.352 e. The molecular weight excluding hydrogens is 616 g/mol. The Labute approximate surface area is 248 Å². The molecule has 0 heterocycles.